The van der Waals surface area contributed by atoms with E-state index in [0.29, 0.717) is 26.1 Å². The van der Waals surface area contributed by atoms with Crippen LogP contribution in [-0.4, -0.2) is 24.6 Å². The number of thiol groups is 1. The summed E-state index contributed by atoms with van der Waals surface area (Å²) < 4.78 is 10.4. The number of carbonyl (C=O) groups is 1. The van der Waals surface area contributed by atoms with Crippen molar-refractivity contribution in [3.8, 4) is 0 Å². The fraction of sp³-hybridized carbons (Fsp3) is 0.875. The van der Waals surface area contributed by atoms with E-state index >= 15 is 0 Å². The molecule has 0 fully saturated rings. The van der Waals surface area contributed by atoms with Crippen LogP contribution in [0.4, 0.5) is 0 Å². The highest BCUT2D eigenvalue weighted by molar-refractivity contribution is 7.96. The van der Waals surface area contributed by atoms with E-state index in [1.54, 1.807) is 0 Å². The van der Waals surface area contributed by atoms with Gasteiger partial charge in [-0.25, -0.2) is 0 Å². The Morgan fingerprint density at radius 1 is 1.33 bits per heavy atom. The molecule has 0 heterocycles. The Balaban J connectivity index is 3.54. The summed E-state index contributed by atoms with van der Waals surface area (Å²) in [4.78, 5) is 10.5. The van der Waals surface area contributed by atoms with Gasteiger partial charge in [0.2, 0.25) is 0 Å². The molecule has 12 heavy (non-hydrogen) atoms. The van der Waals surface area contributed by atoms with Gasteiger partial charge in [0.25, 0.3) is 0 Å². The summed E-state index contributed by atoms with van der Waals surface area (Å²) >= 11 is 3.66. The van der Waals surface area contributed by atoms with E-state index in [2.05, 4.69) is 12.6 Å². The molecule has 0 aliphatic heterocycles. The van der Waals surface area contributed by atoms with Crippen LogP contribution in [0.25, 0.3) is 0 Å². The number of ether oxygens (including phenoxy) is 2. The fourth-order valence-electron chi connectivity index (χ4n) is 0.828. The van der Waals surface area contributed by atoms with E-state index in [4.69, 9.17) is 9.47 Å². The average molecular weight is 192 g/mol. The summed E-state index contributed by atoms with van der Waals surface area (Å²) in [6.07, 6.45) is 0.730. The Kier molecular flexibility index (Phi) is 7.54. The van der Waals surface area contributed by atoms with Crippen LogP contribution in [0.5, 0.6) is 0 Å². The zero-order valence-electron chi connectivity index (χ0n) is 7.58. The summed E-state index contributed by atoms with van der Waals surface area (Å²) in [5.41, 5.74) is 0. The van der Waals surface area contributed by atoms with Crippen molar-refractivity contribution < 1.29 is 14.3 Å². The van der Waals surface area contributed by atoms with Crippen molar-refractivity contribution in [2.45, 2.75) is 33.0 Å². The highest BCUT2D eigenvalue weighted by Crippen LogP contribution is 2.05. The molecule has 0 aromatic heterocycles. The molecule has 0 N–H and O–H groups in total. The smallest absolute Gasteiger partial charge is 0.186 e. The molecule has 0 aromatic rings. The minimum Gasteiger partial charge on any atom is -0.353 e. The predicted octanol–water partition coefficient (Wildman–Crippen LogP) is 1.62. The molecule has 0 aromatic carbocycles. The zero-order valence-corrected chi connectivity index (χ0v) is 8.47. The predicted molar refractivity (Wildman–Crippen MR) is 50.3 cm³/mol. The molecule has 0 aliphatic carbocycles. The van der Waals surface area contributed by atoms with Gasteiger partial charge in [0, 0.05) is 26.1 Å². The molecule has 0 rings (SSSR count). The maximum Gasteiger partial charge on any atom is 0.186 e. The van der Waals surface area contributed by atoms with Crippen LogP contribution in [0, 0.1) is 0 Å². The van der Waals surface area contributed by atoms with Gasteiger partial charge in [0.15, 0.2) is 11.4 Å². The first-order valence-electron chi connectivity index (χ1n) is 4.15. The van der Waals surface area contributed by atoms with Gasteiger partial charge in [-0.3, -0.25) is 4.79 Å². The van der Waals surface area contributed by atoms with Crippen molar-refractivity contribution >= 4 is 17.7 Å². The first-order chi connectivity index (χ1) is 5.70. The average Bonchev–Trinajstić information content (AvgIpc) is 2.01. The second-order valence-corrected chi connectivity index (χ2v) is 2.77. The summed E-state index contributed by atoms with van der Waals surface area (Å²) in [5, 5.41) is -0.126. The molecule has 0 saturated heterocycles. The number of carbonyl (C=O) groups excluding carboxylic acids is 1. The fourth-order valence-corrected chi connectivity index (χ4v) is 0.957. The van der Waals surface area contributed by atoms with E-state index in [1.165, 1.54) is 0 Å². The molecule has 0 aliphatic rings. The van der Waals surface area contributed by atoms with Crippen LogP contribution in [0.3, 0.4) is 0 Å². The van der Waals surface area contributed by atoms with Crippen LogP contribution in [0.2, 0.25) is 0 Å². The monoisotopic (exact) mass is 192 g/mol. The van der Waals surface area contributed by atoms with Gasteiger partial charge in [-0.1, -0.05) is 0 Å². The van der Waals surface area contributed by atoms with Gasteiger partial charge in [0.1, 0.15) is 0 Å². The van der Waals surface area contributed by atoms with Gasteiger partial charge in [0.05, 0.1) is 0 Å². The molecule has 0 radical (unpaired) electrons. The van der Waals surface area contributed by atoms with Gasteiger partial charge in [-0.2, -0.15) is 0 Å². The third kappa shape index (κ3) is 6.64. The van der Waals surface area contributed by atoms with Gasteiger partial charge in [-0.05, 0) is 13.8 Å². The lowest BCUT2D eigenvalue weighted by molar-refractivity contribution is -0.142. The van der Waals surface area contributed by atoms with Gasteiger partial charge >= 0.3 is 0 Å². The summed E-state index contributed by atoms with van der Waals surface area (Å²) in [5.74, 6) is 0. The first-order valence-corrected chi connectivity index (χ1v) is 4.60. The van der Waals surface area contributed by atoms with Crippen LogP contribution >= 0.6 is 12.6 Å². The third-order valence-corrected chi connectivity index (χ3v) is 1.52. The molecule has 72 valence electrons. The molecular formula is C8H16O3S. The van der Waals surface area contributed by atoms with Crippen LogP contribution in [0.15, 0.2) is 0 Å². The summed E-state index contributed by atoms with van der Waals surface area (Å²) in [6, 6.07) is 0. The standard InChI is InChI=1S/C8H16O3S/c1-3-10-8(11-4-2)6-5-7(9)12/h8H,3-6H2,1-2H3,(H,9,12). The molecule has 4 heteroatoms. The third-order valence-electron chi connectivity index (χ3n) is 1.30. The maximum atomic E-state index is 10.5. The van der Waals surface area contributed by atoms with E-state index < -0.39 is 0 Å². The second-order valence-electron chi connectivity index (χ2n) is 2.27. The molecule has 0 saturated carbocycles. The van der Waals surface area contributed by atoms with Crippen LogP contribution in [0.1, 0.15) is 26.7 Å². The topological polar surface area (TPSA) is 35.5 Å². The maximum absolute atomic E-state index is 10.5. The van der Waals surface area contributed by atoms with Crippen molar-refractivity contribution in [2.75, 3.05) is 13.2 Å². The Labute approximate surface area is 78.8 Å². The van der Waals surface area contributed by atoms with E-state index in [-0.39, 0.29) is 11.4 Å². The number of rotatable bonds is 7. The normalized spacial score (nSPS) is 10.7. The largest absolute Gasteiger partial charge is 0.353 e. The molecule has 0 spiro atoms. The highest BCUT2D eigenvalue weighted by Gasteiger charge is 2.08. The SMILES string of the molecule is CCOC(CCC(=O)S)OCC. The first kappa shape index (κ1) is 11.9. The van der Waals surface area contributed by atoms with Crippen molar-refractivity contribution in [1.29, 1.82) is 0 Å². The number of hydrogen-bond donors (Lipinski definition) is 1. The molecule has 0 unspecified atom stereocenters. The van der Waals surface area contributed by atoms with E-state index in [0.717, 1.165) is 0 Å². The van der Waals surface area contributed by atoms with E-state index in [9.17, 15) is 4.79 Å². The lowest BCUT2D eigenvalue weighted by Gasteiger charge is -2.15. The Morgan fingerprint density at radius 2 is 1.83 bits per heavy atom. The Hall–Kier alpha value is -0.0600. The minimum atomic E-state index is -0.254. The lowest BCUT2D eigenvalue weighted by atomic mass is 10.3. The van der Waals surface area contributed by atoms with Crippen LogP contribution in [-0.2, 0) is 14.3 Å². The van der Waals surface area contributed by atoms with Gasteiger partial charge in [-0.15, -0.1) is 12.6 Å². The van der Waals surface area contributed by atoms with Crippen molar-refractivity contribution in [1.82, 2.24) is 0 Å². The summed E-state index contributed by atoms with van der Waals surface area (Å²) in [7, 11) is 0. The second kappa shape index (κ2) is 7.58. The van der Waals surface area contributed by atoms with Crippen molar-refractivity contribution in [3.05, 3.63) is 0 Å². The van der Waals surface area contributed by atoms with E-state index in [1.807, 2.05) is 13.8 Å². The van der Waals surface area contributed by atoms with Crippen LogP contribution < -0.4 is 0 Å². The molecule has 0 amide bonds. The molecule has 0 atom stereocenters. The molecular weight excluding hydrogens is 176 g/mol. The quantitative estimate of drug-likeness (QED) is 0.492. The van der Waals surface area contributed by atoms with Crippen molar-refractivity contribution in [3.63, 3.8) is 0 Å². The summed E-state index contributed by atoms with van der Waals surface area (Å²) in [6.45, 7) is 5.00. The molecule has 3 nitrogen and oxygen atoms in total. The Bertz CT molecular complexity index is 121. The zero-order chi connectivity index (χ0) is 9.40. The lowest BCUT2D eigenvalue weighted by Crippen LogP contribution is -2.17. The Morgan fingerprint density at radius 3 is 2.17 bits per heavy atom. The minimum absolute atomic E-state index is 0.126. The number of hydrogen-bond acceptors (Lipinski definition) is 3. The highest BCUT2D eigenvalue weighted by atomic mass is 32.1. The molecule has 0 bridgehead atoms. The van der Waals surface area contributed by atoms with Gasteiger partial charge < -0.3 is 9.47 Å². The van der Waals surface area contributed by atoms with Crippen molar-refractivity contribution in [2.24, 2.45) is 0 Å².